The van der Waals surface area contributed by atoms with Gasteiger partial charge in [0.05, 0.1) is 0 Å². The lowest BCUT2D eigenvalue weighted by molar-refractivity contribution is 0.0995. The molecule has 1 saturated carbocycles. The van der Waals surface area contributed by atoms with Crippen molar-refractivity contribution < 1.29 is 4.79 Å². The van der Waals surface area contributed by atoms with Gasteiger partial charge in [0.15, 0.2) is 0 Å². The van der Waals surface area contributed by atoms with Gasteiger partial charge >= 0.3 is 0 Å². The zero-order valence-electron chi connectivity index (χ0n) is 19.4. The number of hydrogen-bond donors (Lipinski definition) is 2. The minimum absolute atomic E-state index is 0.0276. The average Bonchev–Trinajstić information content (AvgIpc) is 3.31. The van der Waals surface area contributed by atoms with Crippen LogP contribution >= 0.6 is 11.5 Å². The van der Waals surface area contributed by atoms with Crippen molar-refractivity contribution in [3.8, 4) is 11.1 Å². The molecule has 1 fully saturated rings. The maximum atomic E-state index is 13.2. The van der Waals surface area contributed by atoms with E-state index in [0.717, 1.165) is 42.5 Å². The number of hydrogen-bond acceptors (Lipinski definition) is 6. The van der Waals surface area contributed by atoms with Gasteiger partial charge < -0.3 is 15.6 Å². The minimum atomic E-state index is -0.499. The number of carbonyl (C=O) groups is 1. The number of pyridine rings is 2. The highest BCUT2D eigenvalue weighted by Gasteiger charge is 2.25. The van der Waals surface area contributed by atoms with Crippen molar-refractivity contribution in [1.29, 1.82) is 0 Å². The number of nitrogens with one attached hydrogen (secondary N) is 1. The number of anilines is 1. The fourth-order valence-corrected chi connectivity index (χ4v) is 5.23. The van der Waals surface area contributed by atoms with Gasteiger partial charge in [0.2, 0.25) is 0 Å². The van der Waals surface area contributed by atoms with E-state index in [0.29, 0.717) is 29.8 Å². The van der Waals surface area contributed by atoms with E-state index in [1.165, 1.54) is 17.1 Å². The Bertz CT molecular complexity index is 1180. The summed E-state index contributed by atoms with van der Waals surface area (Å²) in [5, 5.41) is 5.56. The molecule has 0 radical (unpaired) electrons. The van der Waals surface area contributed by atoms with Crippen molar-refractivity contribution >= 4 is 23.1 Å². The van der Waals surface area contributed by atoms with Crippen molar-refractivity contribution in [3.63, 3.8) is 0 Å². The standard InChI is InChI=1S/C25H31N5O2S/c1-15(2)12-30-13-18(19-11-27-33-14-19)10-23(25(30)32)29-20-6-4-17(5-7-20)21-8-9-22(24(26)31)28-16(21)3/h8-11,13-15,17,20,29H,4-7,12H2,1-3H3,(H2,26,31)/t17-,20+. The van der Waals surface area contributed by atoms with Crippen molar-refractivity contribution in [3.05, 3.63) is 63.3 Å². The number of primary amides is 1. The Morgan fingerprint density at radius 2 is 2.00 bits per heavy atom. The first-order valence-corrected chi connectivity index (χ1v) is 12.3. The highest BCUT2D eigenvalue weighted by molar-refractivity contribution is 7.03. The van der Waals surface area contributed by atoms with E-state index in [9.17, 15) is 9.59 Å². The Hall–Kier alpha value is -3.00. The van der Waals surface area contributed by atoms with Crippen LogP contribution in [-0.4, -0.2) is 25.9 Å². The highest BCUT2D eigenvalue weighted by atomic mass is 32.1. The van der Waals surface area contributed by atoms with Gasteiger partial charge in [-0.3, -0.25) is 9.59 Å². The maximum absolute atomic E-state index is 13.2. The monoisotopic (exact) mass is 465 g/mol. The number of aryl methyl sites for hydroxylation is 1. The van der Waals surface area contributed by atoms with Crippen LogP contribution in [0.4, 0.5) is 5.69 Å². The predicted molar refractivity (Wildman–Crippen MR) is 133 cm³/mol. The second-order valence-electron chi connectivity index (χ2n) is 9.34. The molecule has 33 heavy (non-hydrogen) atoms. The van der Waals surface area contributed by atoms with E-state index in [-0.39, 0.29) is 11.6 Å². The average molecular weight is 466 g/mol. The molecule has 4 rings (SSSR count). The molecule has 3 N–H and O–H groups in total. The smallest absolute Gasteiger partial charge is 0.273 e. The van der Waals surface area contributed by atoms with Crippen LogP contribution in [-0.2, 0) is 6.54 Å². The van der Waals surface area contributed by atoms with Gasteiger partial charge in [-0.05, 0) is 73.7 Å². The second-order valence-corrected chi connectivity index (χ2v) is 9.99. The van der Waals surface area contributed by atoms with E-state index < -0.39 is 5.91 Å². The minimum Gasteiger partial charge on any atom is -0.378 e. The van der Waals surface area contributed by atoms with E-state index >= 15 is 0 Å². The predicted octanol–water partition coefficient (Wildman–Crippen LogP) is 4.57. The molecular weight excluding hydrogens is 434 g/mol. The van der Waals surface area contributed by atoms with Crippen LogP contribution in [0.1, 0.15) is 67.2 Å². The van der Waals surface area contributed by atoms with Crippen LogP contribution in [0.5, 0.6) is 0 Å². The third kappa shape index (κ3) is 5.33. The van der Waals surface area contributed by atoms with Gasteiger partial charge in [0.25, 0.3) is 11.5 Å². The van der Waals surface area contributed by atoms with E-state index in [1.807, 2.05) is 41.4 Å². The molecule has 1 aliphatic carbocycles. The Labute approximate surface area is 198 Å². The Morgan fingerprint density at radius 1 is 1.24 bits per heavy atom. The summed E-state index contributed by atoms with van der Waals surface area (Å²) in [6, 6.07) is 5.92. The first-order chi connectivity index (χ1) is 15.8. The Morgan fingerprint density at radius 3 is 2.61 bits per heavy atom. The normalized spacial score (nSPS) is 18.4. The molecule has 0 atom stereocenters. The molecule has 3 aromatic heterocycles. The van der Waals surface area contributed by atoms with Crippen molar-refractivity contribution in [2.75, 3.05) is 5.32 Å². The number of amides is 1. The van der Waals surface area contributed by atoms with Crippen molar-refractivity contribution in [1.82, 2.24) is 13.9 Å². The molecule has 0 saturated heterocycles. The zero-order chi connectivity index (χ0) is 23.5. The number of nitrogens with zero attached hydrogens (tertiary/aromatic N) is 3. The van der Waals surface area contributed by atoms with Gasteiger partial charge in [-0.1, -0.05) is 19.9 Å². The summed E-state index contributed by atoms with van der Waals surface area (Å²) < 4.78 is 6.04. The second kappa shape index (κ2) is 9.87. The molecule has 0 aromatic carbocycles. The van der Waals surface area contributed by atoms with E-state index in [4.69, 9.17) is 5.73 Å². The van der Waals surface area contributed by atoms with Crippen LogP contribution in [0.25, 0.3) is 11.1 Å². The number of aromatic nitrogens is 3. The molecule has 0 spiro atoms. The molecule has 0 bridgehead atoms. The SMILES string of the molecule is Cc1nc(C(N)=O)ccc1[C@H]1CC[C@@H](Nc2cc(-c3cnsc3)cn(CC(C)C)c2=O)CC1. The zero-order valence-corrected chi connectivity index (χ0v) is 20.2. The molecule has 8 heteroatoms. The molecular formula is C25H31N5O2S. The summed E-state index contributed by atoms with van der Waals surface area (Å²) in [5.74, 6) is 0.277. The molecule has 0 unspecified atom stereocenters. The molecule has 174 valence electrons. The summed E-state index contributed by atoms with van der Waals surface area (Å²) >= 11 is 1.41. The molecule has 3 heterocycles. The van der Waals surface area contributed by atoms with Gasteiger partial charge in [0, 0.05) is 47.2 Å². The summed E-state index contributed by atoms with van der Waals surface area (Å²) in [7, 11) is 0. The van der Waals surface area contributed by atoms with Gasteiger partial charge in [-0.15, -0.1) is 0 Å². The third-order valence-electron chi connectivity index (χ3n) is 6.32. The summed E-state index contributed by atoms with van der Waals surface area (Å²) in [6.45, 7) is 6.85. The van der Waals surface area contributed by atoms with Crippen LogP contribution in [0.2, 0.25) is 0 Å². The summed E-state index contributed by atoms with van der Waals surface area (Å²) in [5.41, 5.74) is 10.5. The number of carbonyl (C=O) groups excluding carboxylic acids is 1. The number of nitrogens with two attached hydrogens (primary N) is 1. The fourth-order valence-electron chi connectivity index (χ4n) is 4.68. The molecule has 0 aliphatic heterocycles. The molecule has 7 nitrogen and oxygen atoms in total. The lowest BCUT2D eigenvalue weighted by Gasteiger charge is -2.30. The largest absolute Gasteiger partial charge is 0.378 e. The highest BCUT2D eigenvalue weighted by Crippen LogP contribution is 2.35. The van der Waals surface area contributed by atoms with Crippen LogP contribution in [0.3, 0.4) is 0 Å². The maximum Gasteiger partial charge on any atom is 0.273 e. The molecule has 1 aliphatic rings. The first-order valence-electron chi connectivity index (χ1n) is 11.5. The Balaban J connectivity index is 1.50. The van der Waals surface area contributed by atoms with Gasteiger partial charge in [-0.2, -0.15) is 0 Å². The molecule has 3 aromatic rings. The van der Waals surface area contributed by atoms with E-state index in [1.54, 1.807) is 6.07 Å². The first kappa shape index (κ1) is 23.2. The van der Waals surface area contributed by atoms with Gasteiger partial charge in [0.1, 0.15) is 11.4 Å². The fraction of sp³-hybridized carbons (Fsp3) is 0.440. The third-order valence-corrected chi connectivity index (χ3v) is 6.91. The molecule has 1 amide bonds. The number of rotatable bonds is 7. The van der Waals surface area contributed by atoms with Crippen molar-refractivity contribution in [2.45, 2.75) is 65.0 Å². The quantitative estimate of drug-likeness (QED) is 0.532. The summed E-state index contributed by atoms with van der Waals surface area (Å²) in [4.78, 5) is 28.9. The van der Waals surface area contributed by atoms with E-state index in [2.05, 4.69) is 28.5 Å². The summed E-state index contributed by atoms with van der Waals surface area (Å²) in [6.07, 6.45) is 7.73. The van der Waals surface area contributed by atoms with Crippen LogP contribution in [0.15, 0.2) is 40.8 Å². The van der Waals surface area contributed by atoms with Crippen LogP contribution in [0, 0.1) is 12.8 Å². The lowest BCUT2D eigenvalue weighted by Crippen LogP contribution is -2.31. The van der Waals surface area contributed by atoms with Crippen molar-refractivity contribution in [2.24, 2.45) is 11.7 Å². The van der Waals surface area contributed by atoms with Gasteiger partial charge in [-0.25, -0.2) is 9.36 Å². The lowest BCUT2D eigenvalue weighted by atomic mass is 9.81. The Kier molecular flexibility index (Phi) is 6.93. The van der Waals surface area contributed by atoms with Crippen LogP contribution < -0.4 is 16.6 Å². The topological polar surface area (TPSA) is 103 Å².